The summed E-state index contributed by atoms with van der Waals surface area (Å²) >= 11 is 7.13. The van der Waals surface area contributed by atoms with E-state index < -0.39 is 0 Å². The molecule has 0 aliphatic carbocycles. The number of thiophene rings is 1. The highest BCUT2D eigenvalue weighted by Gasteiger charge is 2.18. The number of hydrogen-bond donors (Lipinski definition) is 1. The van der Waals surface area contributed by atoms with Crippen LogP contribution in [-0.2, 0) is 0 Å². The Bertz CT molecular complexity index is 496. The Hall–Kier alpha value is -0.290. The fourth-order valence-electron chi connectivity index (χ4n) is 1.88. The van der Waals surface area contributed by atoms with Crippen molar-refractivity contribution >= 4 is 39.0 Å². The largest absolute Gasteiger partial charge is 0.309 e. The van der Waals surface area contributed by atoms with Crippen LogP contribution in [0.25, 0.3) is 0 Å². The van der Waals surface area contributed by atoms with E-state index in [-0.39, 0.29) is 6.04 Å². The van der Waals surface area contributed by atoms with Crippen LogP contribution in [0.3, 0.4) is 0 Å². The fourth-order valence-corrected chi connectivity index (χ4v) is 4.07. The molecular weight excluding hydrogens is 314 g/mol. The van der Waals surface area contributed by atoms with Crippen molar-refractivity contribution in [1.29, 1.82) is 0 Å². The van der Waals surface area contributed by atoms with Crippen LogP contribution in [0, 0.1) is 0 Å². The SMILES string of the molecule is CNC(c1cscc1Br)c1ccccc1SC. The predicted octanol–water partition coefficient (Wildman–Crippen LogP) is 4.54. The van der Waals surface area contributed by atoms with E-state index in [1.807, 2.05) is 7.05 Å². The Morgan fingerprint density at radius 2 is 2.00 bits per heavy atom. The molecule has 2 rings (SSSR count). The van der Waals surface area contributed by atoms with Gasteiger partial charge in [-0.2, -0.15) is 11.3 Å². The van der Waals surface area contributed by atoms with Gasteiger partial charge in [-0.05, 0) is 51.8 Å². The zero-order valence-electron chi connectivity index (χ0n) is 9.74. The highest BCUT2D eigenvalue weighted by molar-refractivity contribution is 9.10. The van der Waals surface area contributed by atoms with Crippen LogP contribution >= 0.6 is 39.0 Å². The minimum atomic E-state index is 0.249. The average Bonchev–Trinajstić information content (AvgIpc) is 2.78. The minimum absolute atomic E-state index is 0.249. The molecule has 0 amide bonds. The molecule has 0 radical (unpaired) electrons. The van der Waals surface area contributed by atoms with E-state index in [1.54, 1.807) is 23.1 Å². The van der Waals surface area contributed by atoms with Crippen molar-refractivity contribution < 1.29 is 0 Å². The molecule has 2 aromatic rings. The topological polar surface area (TPSA) is 12.0 Å². The number of rotatable bonds is 4. The van der Waals surface area contributed by atoms with Crippen LogP contribution in [-0.4, -0.2) is 13.3 Å². The molecule has 17 heavy (non-hydrogen) atoms. The molecule has 1 N–H and O–H groups in total. The molecule has 0 fully saturated rings. The lowest BCUT2D eigenvalue weighted by Gasteiger charge is -2.19. The molecule has 1 aromatic heterocycles. The summed E-state index contributed by atoms with van der Waals surface area (Å²) in [5, 5.41) is 7.72. The van der Waals surface area contributed by atoms with Crippen molar-refractivity contribution in [3.05, 3.63) is 50.6 Å². The maximum Gasteiger partial charge on any atom is 0.0604 e. The summed E-state index contributed by atoms with van der Waals surface area (Å²) < 4.78 is 1.18. The smallest absolute Gasteiger partial charge is 0.0604 e. The molecule has 0 aliphatic heterocycles. The third-order valence-corrected chi connectivity index (χ3v) is 5.26. The van der Waals surface area contributed by atoms with Gasteiger partial charge in [0.05, 0.1) is 6.04 Å². The molecule has 0 saturated carbocycles. The van der Waals surface area contributed by atoms with Crippen LogP contribution in [0.2, 0.25) is 0 Å². The van der Waals surface area contributed by atoms with Gasteiger partial charge in [-0.1, -0.05) is 18.2 Å². The summed E-state index contributed by atoms with van der Waals surface area (Å²) in [6.45, 7) is 0. The molecule has 0 spiro atoms. The molecule has 1 heterocycles. The molecule has 0 bridgehead atoms. The lowest BCUT2D eigenvalue weighted by Crippen LogP contribution is -2.18. The van der Waals surface area contributed by atoms with Crippen LogP contribution in [0.4, 0.5) is 0 Å². The first-order chi connectivity index (χ1) is 8.27. The molecule has 90 valence electrons. The van der Waals surface area contributed by atoms with E-state index in [1.165, 1.54) is 20.5 Å². The first-order valence-electron chi connectivity index (χ1n) is 5.29. The molecule has 1 atom stereocenters. The van der Waals surface area contributed by atoms with Crippen LogP contribution in [0.15, 0.2) is 44.4 Å². The summed E-state index contributed by atoms with van der Waals surface area (Å²) in [5.74, 6) is 0. The first kappa shape index (κ1) is 13.1. The van der Waals surface area contributed by atoms with Gasteiger partial charge < -0.3 is 5.32 Å². The summed E-state index contributed by atoms with van der Waals surface area (Å²) in [5.41, 5.74) is 2.64. The molecule has 1 nitrogen and oxygen atoms in total. The van der Waals surface area contributed by atoms with E-state index in [0.29, 0.717) is 0 Å². The summed E-state index contributed by atoms with van der Waals surface area (Å²) in [6, 6.07) is 8.80. The zero-order chi connectivity index (χ0) is 12.3. The lowest BCUT2D eigenvalue weighted by atomic mass is 10.0. The Morgan fingerprint density at radius 1 is 1.24 bits per heavy atom. The molecule has 0 aliphatic rings. The summed E-state index contributed by atoms with van der Waals surface area (Å²) in [6.07, 6.45) is 2.12. The number of nitrogens with one attached hydrogen (secondary N) is 1. The van der Waals surface area contributed by atoms with E-state index in [4.69, 9.17) is 0 Å². The van der Waals surface area contributed by atoms with Gasteiger partial charge in [0.1, 0.15) is 0 Å². The van der Waals surface area contributed by atoms with Crippen molar-refractivity contribution in [2.45, 2.75) is 10.9 Å². The first-order valence-corrected chi connectivity index (χ1v) is 8.25. The third-order valence-electron chi connectivity index (χ3n) is 2.69. The van der Waals surface area contributed by atoms with Crippen LogP contribution < -0.4 is 5.32 Å². The monoisotopic (exact) mass is 327 g/mol. The van der Waals surface area contributed by atoms with Gasteiger partial charge >= 0.3 is 0 Å². The third kappa shape index (κ3) is 2.76. The highest BCUT2D eigenvalue weighted by Crippen LogP contribution is 2.35. The van der Waals surface area contributed by atoms with Gasteiger partial charge in [0.2, 0.25) is 0 Å². The van der Waals surface area contributed by atoms with Crippen molar-refractivity contribution in [3.63, 3.8) is 0 Å². The fraction of sp³-hybridized carbons (Fsp3) is 0.231. The highest BCUT2D eigenvalue weighted by atomic mass is 79.9. The summed E-state index contributed by atoms with van der Waals surface area (Å²) in [7, 11) is 2.01. The van der Waals surface area contributed by atoms with Crippen molar-refractivity contribution in [3.8, 4) is 0 Å². The van der Waals surface area contributed by atoms with E-state index in [9.17, 15) is 0 Å². The van der Waals surface area contributed by atoms with Gasteiger partial charge in [0.25, 0.3) is 0 Å². The number of hydrogen-bond acceptors (Lipinski definition) is 3. The normalized spacial score (nSPS) is 12.6. The average molecular weight is 328 g/mol. The second kappa shape index (κ2) is 6.05. The molecule has 4 heteroatoms. The Labute approximate surface area is 119 Å². The van der Waals surface area contributed by atoms with E-state index in [2.05, 4.69) is 62.5 Å². The van der Waals surface area contributed by atoms with Gasteiger partial charge in [-0.15, -0.1) is 11.8 Å². The number of halogens is 1. The van der Waals surface area contributed by atoms with Crippen molar-refractivity contribution in [2.75, 3.05) is 13.3 Å². The minimum Gasteiger partial charge on any atom is -0.309 e. The maximum absolute atomic E-state index is 3.62. The molecule has 1 unspecified atom stereocenters. The van der Waals surface area contributed by atoms with Crippen LogP contribution in [0.1, 0.15) is 17.2 Å². The number of benzene rings is 1. The van der Waals surface area contributed by atoms with Gasteiger partial charge in [-0.3, -0.25) is 0 Å². The summed E-state index contributed by atoms with van der Waals surface area (Å²) in [4.78, 5) is 1.32. The predicted molar refractivity (Wildman–Crippen MR) is 81.1 cm³/mol. The lowest BCUT2D eigenvalue weighted by molar-refractivity contribution is 0.680. The Kier molecular flexibility index (Phi) is 4.68. The zero-order valence-corrected chi connectivity index (χ0v) is 13.0. The standard InChI is InChI=1S/C13H14BrNS2/c1-15-13(10-7-17-8-11(10)14)9-5-3-4-6-12(9)16-2/h3-8,13,15H,1-2H3. The Morgan fingerprint density at radius 3 is 2.59 bits per heavy atom. The molecule has 1 aromatic carbocycles. The second-order valence-electron chi connectivity index (χ2n) is 3.64. The molecular formula is C13H14BrNS2. The Balaban J connectivity index is 2.46. The maximum atomic E-state index is 3.62. The van der Waals surface area contributed by atoms with Crippen molar-refractivity contribution in [2.24, 2.45) is 0 Å². The molecule has 0 saturated heterocycles. The quantitative estimate of drug-likeness (QED) is 0.827. The van der Waals surface area contributed by atoms with Crippen molar-refractivity contribution in [1.82, 2.24) is 5.32 Å². The van der Waals surface area contributed by atoms with Crippen LogP contribution in [0.5, 0.6) is 0 Å². The van der Waals surface area contributed by atoms with Gasteiger partial charge in [-0.25, -0.2) is 0 Å². The van der Waals surface area contributed by atoms with Gasteiger partial charge in [0.15, 0.2) is 0 Å². The second-order valence-corrected chi connectivity index (χ2v) is 6.08. The number of thioether (sulfide) groups is 1. The van der Waals surface area contributed by atoms with Gasteiger partial charge in [0, 0.05) is 14.7 Å². The van der Waals surface area contributed by atoms with E-state index in [0.717, 1.165) is 0 Å². The van der Waals surface area contributed by atoms with E-state index >= 15 is 0 Å².